The molecular weight excluding hydrogens is 282 g/mol. The summed E-state index contributed by atoms with van der Waals surface area (Å²) in [5.74, 6) is 0.462. The number of aliphatic hydroxyl groups is 1. The summed E-state index contributed by atoms with van der Waals surface area (Å²) in [7, 11) is 1.40. The second-order valence-electron chi connectivity index (χ2n) is 4.98. The number of hydrogen-bond acceptors (Lipinski definition) is 5. The minimum Gasteiger partial charge on any atom is -0.493 e. The first kappa shape index (κ1) is 15.9. The number of β-amino-alcohol motifs (C(OH)–C–C–N with tert-alkyl or cyclic N) is 1. The topological polar surface area (TPSA) is 62.8 Å². The van der Waals surface area contributed by atoms with E-state index in [9.17, 15) is 13.9 Å². The first-order valence-corrected chi connectivity index (χ1v) is 6.81. The number of halogens is 2. The molecular formula is C14H20F2N2O3. The highest BCUT2D eigenvalue weighted by atomic mass is 19.3. The fraction of sp³-hybridized carbons (Fsp3) is 0.571. The van der Waals surface area contributed by atoms with Crippen molar-refractivity contribution in [3.05, 3.63) is 23.8 Å². The van der Waals surface area contributed by atoms with Gasteiger partial charge >= 0.3 is 6.61 Å². The monoisotopic (exact) mass is 302 g/mol. The van der Waals surface area contributed by atoms with Crippen LogP contribution in [0.1, 0.15) is 5.56 Å². The quantitative estimate of drug-likeness (QED) is 0.700. The molecule has 0 bridgehead atoms. The van der Waals surface area contributed by atoms with Crippen molar-refractivity contribution >= 4 is 0 Å². The highest BCUT2D eigenvalue weighted by Crippen LogP contribution is 2.29. The highest BCUT2D eigenvalue weighted by Gasteiger charge is 2.24. The summed E-state index contributed by atoms with van der Waals surface area (Å²) in [4.78, 5) is 0. The van der Waals surface area contributed by atoms with Crippen LogP contribution in [0.3, 0.4) is 0 Å². The van der Waals surface area contributed by atoms with E-state index in [4.69, 9.17) is 4.74 Å². The van der Waals surface area contributed by atoms with E-state index in [0.29, 0.717) is 19.6 Å². The Labute approximate surface area is 122 Å². The zero-order valence-corrected chi connectivity index (χ0v) is 11.8. The van der Waals surface area contributed by atoms with Crippen LogP contribution in [-0.4, -0.2) is 44.6 Å². The normalized spacial score (nSPS) is 21.8. The summed E-state index contributed by atoms with van der Waals surface area (Å²) in [6.45, 7) is -0.336. The van der Waals surface area contributed by atoms with E-state index < -0.39 is 6.61 Å². The zero-order valence-electron chi connectivity index (χ0n) is 11.8. The van der Waals surface area contributed by atoms with Gasteiger partial charge in [0.1, 0.15) is 0 Å². The van der Waals surface area contributed by atoms with Gasteiger partial charge in [-0.05, 0) is 17.7 Å². The first-order chi connectivity index (χ1) is 10.1. The number of rotatable bonds is 7. The van der Waals surface area contributed by atoms with Gasteiger partial charge in [0.2, 0.25) is 0 Å². The molecule has 1 saturated heterocycles. The maximum atomic E-state index is 12.3. The molecule has 1 aliphatic heterocycles. The molecule has 0 radical (unpaired) electrons. The van der Waals surface area contributed by atoms with Crippen molar-refractivity contribution in [3.8, 4) is 11.5 Å². The summed E-state index contributed by atoms with van der Waals surface area (Å²) < 4.78 is 34.1. The third-order valence-electron chi connectivity index (χ3n) is 3.48. The van der Waals surface area contributed by atoms with E-state index in [0.717, 1.165) is 12.1 Å². The second kappa shape index (κ2) is 7.53. The standard InChI is InChI=1S/C14H20F2N2O3/c1-20-12-3-2-9(4-13(12)21-14(15)16)5-17-6-10-7-18-8-11(10)19/h2-4,10-11,14,17-19H,5-8H2,1H3. The number of nitrogens with one attached hydrogen (secondary N) is 2. The summed E-state index contributed by atoms with van der Waals surface area (Å²) in [5, 5.41) is 16.0. The lowest BCUT2D eigenvalue weighted by molar-refractivity contribution is -0.0512. The minimum atomic E-state index is -2.89. The van der Waals surface area contributed by atoms with E-state index in [2.05, 4.69) is 15.4 Å². The number of hydrogen-bond donors (Lipinski definition) is 3. The van der Waals surface area contributed by atoms with Crippen molar-refractivity contribution in [1.29, 1.82) is 0 Å². The molecule has 2 atom stereocenters. The molecule has 2 unspecified atom stereocenters. The van der Waals surface area contributed by atoms with Crippen LogP contribution in [-0.2, 0) is 6.54 Å². The van der Waals surface area contributed by atoms with Gasteiger partial charge in [-0.15, -0.1) is 0 Å². The Balaban J connectivity index is 1.90. The van der Waals surface area contributed by atoms with E-state index in [1.165, 1.54) is 13.2 Å². The number of ether oxygens (including phenoxy) is 2. The minimum absolute atomic E-state index is 0.0226. The van der Waals surface area contributed by atoms with Gasteiger partial charge in [0.15, 0.2) is 11.5 Å². The third kappa shape index (κ3) is 4.52. The molecule has 0 saturated carbocycles. The van der Waals surface area contributed by atoms with Crippen molar-refractivity contribution < 1.29 is 23.4 Å². The van der Waals surface area contributed by atoms with Crippen LogP contribution < -0.4 is 20.1 Å². The predicted octanol–water partition coefficient (Wildman–Crippen LogP) is 0.966. The average Bonchev–Trinajstić information content (AvgIpc) is 2.84. The largest absolute Gasteiger partial charge is 0.493 e. The number of alkyl halides is 2. The van der Waals surface area contributed by atoms with Crippen LogP contribution in [0.5, 0.6) is 11.5 Å². The van der Waals surface area contributed by atoms with Crippen molar-refractivity contribution in [2.24, 2.45) is 5.92 Å². The van der Waals surface area contributed by atoms with Crippen LogP contribution in [0, 0.1) is 5.92 Å². The maximum absolute atomic E-state index is 12.3. The number of methoxy groups -OCH3 is 1. The van der Waals surface area contributed by atoms with Crippen molar-refractivity contribution in [3.63, 3.8) is 0 Å². The van der Waals surface area contributed by atoms with Crippen LogP contribution in [0.4, 0.5) is 8.78 Å². The highest BCUT2D eigenvalue weighted by molar-refractivity contribution is 5.42. The lowest BCUT2D eigenvalue weighted by atomic mass is 10.1. The smallest absolute Gasteiger partial charge is 0.387 e. The van der Waals surface area contributed by atoms with Crippen LogP contribution in [0.25, 0.3) is 0 Å². The summed E-state index contributed by atoms with van der Waals surface area (Å²) in [6.07, 6.45) is -0.342. The van der Waals surface area contributed by atoms with Crippen LogP contribution in [0.2, 0.25) is 0 Å². The summed E-state index contributed by atoms with van der Waals surface area (Å²) >= 11 is 0. The molecule has 0 aliphatic carbocycles. The molecule has 5 nitrogen and oxygen atoms in total. The van der Waals surface area contributed by atoms with Gasteiger partial charge in [0.25, 0.3) is 0 Å². The van der Waals surface area contributed by atoms with Gasteiger partial charge < -0.3 is 25.2 Å². The van der Waals surface area contributed by atoms with Gasteiger partial charge in [-0.2, -0.15) is 8.78 Å². The molecule has 0 amide bonds. The average molecular weight is 302 g/mol. The fourth-order valence-corrected chi connectivity index (χ4v) is 2.35. The van der Waals surface area contributed by atoms with Gasteiger partial charge in [-0.3, -0.25) is 0 Å². The van der Waals surface area contributed by atoms with Crippen LogP contribution in [0.15, 0.2) is 18.2 Å². The van der Waals surface area contributed by atoms with Gasteiger partial charge in [0.05, 0.1) is 13.2 Å². The number of benzene rings is 1. The summed E-state index contributed by atoms with van der Waals surface area (Å²) in [5.41, 5.74) is 0.812. The van der Waals surface area contributed by atoms with Gasteiger partial charge in [-0.25, -0.2) is 0 Å². The van der Waals surface area contributed by atoms with E-state index in [1.807, 2.05) is 0 Å². The Morgan fingerprint density at radius 2 is 2.19 bits per heavy atom. The molecule has 3 N–H and O–H groups in total. The Morgan fingerprint density at radius 3 is 2.81 bits per heavy atom. The molecule has 1 fully saturated rings. The molecule has 0 spiro atoms. The van der Waals surface area contributed by atoms with Crippen LogP contribution >= 0.6 is 0 Å². The second-order valence-corrected chi connectivity index (χ2v) is 4.98. The van der Waals surface area contributed by atoms with Crippen molar-refractivity contribution in [1.82, 2.24) is 10.6 Å². The number of aliphatic hydroxyl groups excluding tert-OH is 1. The summed E-state index contributed by atoms with van der Waals surface area (Å²) in [6, 6.07) is 4.91. The molecule has 1 heterocycles. The van der Waals surface area contributed by atoms with E-state index in [1.54, 1.807) is 12.1 Å². The molecule has 0 aromatic heterocycles. The molecule has 2 rings (SSSR count). The van der Waals surface area contributed by atoms with Gasteiger partial charge in [0, 0.05) is 32.1 Å². The predicted molar refractivity (Wildman–Crippen MR) is 73.7 cm³/mol. The van der Waals surface area contributed by atoms with E-state index >= 15 is 0 Å². The molecule has 1 aromatic carbocycles. The molecule has 7 heteroatoms. The molecule has 1 aromatic rings. The Kier molecular flexibility index (Phi) is 5.72. The van der Waals surface area contributed by atoms with E-state index in [-0.39, 0.29) is 23.5 Å². The Bertz CT molecular complexity index is 460. The molecule has 1 aliphatic rings. The van der Waals surface area contributed by atoms with Crippen molar-refractivity contribution in [2.45, 2.75) is 19.3 Å². The molecule has 21 heavy (non-hydrogen) atoms. The van der Waals surface area contributed by atoms with Gasteiger partial charge in [-0.1, -0.05) is 6.07 Å². The third-order valence-corrected chi connectivity index (χ3v) is 3.48. The SMILES string of the molecule is COc1ccc(CNCC2CNCC2O)cc1OC(F)F. The first-order valence-electron chi connectivity index (χ1n) is 6.81. The fourth-order valence-electron chi connectivity index (χ4n) is 2.35. The lowest BCUT2D eigenvalue weighted by Gasteiger charge is -2.15. The Morgan fingerprint density at radius 1 is 1.38 bits per heavy atom. The Hall–Kier alpha value is -1.44. The molecule has 118 valence electrons. The lowest BCUT2D eigenvalue weighted by Crippen LogP contribution is -2.30. The maximum Gasteiger partial charge on any atom is 0.387 e. The van der Waals surface area contributed by atoms with Crippen molar-refractivity contribution in [2.75, 3.05) is 26.7 Å². The zero-order chi connectivity index (χ0) is 15.2.